The lowest BCUT2D eigenvalue weighted by molar-refractivity contribution is -0.000262. The Kier molecular flexibility index (Phi) is 7.01. The average molecular weight is 296 g/mol. The van der Waals surface area contributed by atoms with E-state index >= 15 is 0 Å². The zero-order chi connectivity index (χ0) is 15.2. The molecule has 124 valence electrons. The van der Waals surface area contributed by atoms with E-state index in [0.29, 0.717) is 12.0 Å². The van der Waals surface area contributed by atoms with Crippen LogP contribution in [0.2, 0.25) is 0 Å². The fourth-order valence-corrected chi connectivity index (χ4v) is 3.98. The van der Waals surface area contributed by atoms with Gasteiger partial charge in [-0.2, -0.15) is 0 Å². The Balaban J connectivity index is 1.61. The van der Waals surface area contributed by atoms with Gasteiger partial charge in [-0.25, -0.2) is 0 Å². The second-order valence-electron chi connectivity index (χ2n) is 8.25. The number of rotatable bonds is 6. The summed E-state index contributed by atoms with van der Waals surface area (Å²) in [6.07, 6.45) is 8.74. The van der Waals surface area contributed by atoms with Crippen molar-refractivity contribution in [3.8, 4) is 0 Å². The van der Waals surface area contributed by atoms with Crippen LogP contribution < -0.4 is 0 Å². The molecule has 21 heavy (non-hydrogen) atoms. The molecule has 0 radical (unpaired) electrons. The molecule has 2 aliphatic rings. The summed E-state index contributed by atoms with van der Waals surface area (Å²) in [4.78, 5) is 2.73. The van der Waals surface area contributed by atoms with Crippen LogP contribution in [0, 0.1) is 23.7 Å². The fraction of sp³-hybridized carbons (Fsp3) is 1.00. The molecule has 1 aliphatic carbocycles. The molecule has 1 saturated heterocycles. The highest BCUT2D eigenvalue weighted by atomic mass is 16.5. The number of nitrogens with zero attached hydrogens (tertiary/aromatic N) is 1. The number of ether oxygens (including phenoxy) is 1. The maximum Gasteiger partial charge on any atom is 0.0575 e. The standard InChI is InChI=1S/C19H37NO/c1-15(2)14-21-19-7-5-17(6-8-19)13-20-11-9-18(10-12-20)16(3)4/h15-19H,5-14H2,1-4H3. The molecule has 1 saturated carbocycles. The van der Waals surface area contributed by atoms with Crippen LogP contribution in [0.4, 0.5) is 0 Å². The lowest BCUT2D eigenvalue weighted by Gasteiger charge is -2.37. The number of piperidine rings is 1. The SMILES string of the molecule is CC(C)COC1CCC(CN2CCC(C(C)C)CC2)CC1. The minimum absolute atomic E-state index is 0.551. The molecule has 0 unspecified atom stereocenters. The van der Waals surface area contributed by atoms with E-state index in [2.05, 4.69) is 32.6 Å². The van der Waals surface area contributed by atoms with Crippen LogP contribution in [0.15, 0.2) is 0 Å². The molecule has 0 aromatic rings. The monoisotopic (exact) mass is 295 g/mol. The Labute approximate surface area is 132 Å². The van der Waals surface area contributed by atoms with Crippen LogP contribution in [0.25, 0.3) is 0 Å². The Morgan fingerprint density at radius 2 is 1.52 bits per heavy atom. The summed E-state index contributed by atoms with van der Waals surface area (Å²) < 4.78 is 6.01. The first-order chi connectivity index (χ1) is 10.0. The lowest BCUT2D eigenvalue weighted by atomic mass is 9.84. The highest BCUT2D eigenvalue weighted by molar-refractivity contribution is 4.79. The third-order valence-corrected chi connectivity index (χ3v) is 5.55. The minimum Gasteiger partial charge on any atom is -0.378 e. The largest absolute Gasteiger partial charge is 0.378 e. The molecular weight excluding hydrogens is 258 g/mol. The number of likely N-dealkylation sites (tertiary alicyclic amines) is 1. The average Bonchev–Trinajstić information content (AvgIpc) is 2.47. The van der Waals surface area contributed by atoms with E-state index in [1.54, 1.807) is 0 Å². The van der Waals surface area contributed by atoms with Crippen LogP contribution in [0.3, 0.4) is 0 Å². The van der Waals surface area contributed by atoms with Crippen LogP contribution in [0.5, 0.6) is 0 Å². The van der Waals surface area contributed by atoms with Crippen molar-refractivity contribution in [3.63, 3.8) is 0 Å². The molecule has 0 atom stereocenters. The first-order valence-corrected chi connectivity index (χ1v) is 9.38. The second kappa shape index (κ2) is 8.53. The predicted molar refractivity (Wildman–Crippen MR) is 90.5 cm³/mol. The van der Waals surface area contributed by atoms with Crippen LogP contribution in [0.1, 0.15) is 66.2 Å². The molecule has 2 fully saturated rings. The van der Waals surface area contributed by atoms with Crippen LogP contribution in [-0.4, -0.2) is 37.2 Å². The van der Waals surface area contributed by atoms with Gasteiger partial charge in [0.25, 0.3) is 0 Å². The van der Waals surface area contributed by atoms with Crippen molar-refractivity contribution in [2.45, 2.75) is 72.3 Å². The third kappa shape index (κ3) is 5.90. The predicted octanol–water partition coefficient (Wildman–Crippen LogP) is 4.59. The van der Waals surface area contributed by atoms with Crippen molar-refractivity contribution >= 4 is 0 Å². The molecule has 0 spiro atoms. The van der Waals surface area contributed by atoms with Gasteiger partial charge in [0.05, 0.1) is 6.10 Å². The summed E-state index contributed by atoms with van der Waals surface area (Å²) in [7, 11) is 0. The molecule has 2 rings (SSSR count). The van der Waals surface area contributed by atoms with Crippen molar-refractivity contribution in [2.75, 3.05) is 26.2 Å². The van der Waals surface area contributed by atoms with E-state index < -0.39 is 0 Å². The van der Waals surface area contributed by atoms with E-state index in [0.717, 1.165) is 24.4 Å². The summed E-state index contributed by atoms with van der Waals surface area (Å²) >= 11 is 0. The third-order valence-electron chi connectivity index (χ3n) is 5.55. The highest BCUT2D eigenvalue weighted by Gasteiger charge is 2.26. The van der Waals surface area contributed by atoms with E-state index in [4.69, 9.17) is 4.74 Å². The van der Waals surface area contributed by atoms with Gasteiger partial charge in [0, 0.05) is 13.2 Å². The van der Waals surface area contributed by atoms with E-state index in [-0.39, 0.29) is 0 Å². The summed E-state index contributed by atoms with van der Waals surface area (Å²) in [5, 5.41) is 0. The first kappa shape index (κ1) is 17.3. The zero-order valence-electron chi connectivity index (χ0n) is 14.8. The van der Waals surface area contributed by atoms with E-state index in [1.807, 2.05) is 0 Å². The van der Waals surface area contributed by atoms with Gasteiger partial charge in [-0.3, -0.25) is 0 Å². The summed E-state index contributed by atoms with van der Waals surface area (Å²) in [5.41, 5.74) is 0. The molecule has 0 aromatic carbocycles. The smallest absolute Gasteiger partial charge is 0.0575 e. The Morgan fingerprint density at radius 3 is 2.05 bits per heavy atom. The van der Waals surface area contributed by atoms with Gasteiger partial charge in [0.1, 0.15) is 0 Å². The van der Waals surface area contributed by atoms with E-state index in [9.17, 15) is 0 Å². The van der Waals surface area contributed by atoms with Gasteiger partial charge in [0.2, 0.25) is 0 Å². The van der Waals surface area contributed by atoms with Crippen LogP contribution in [-0.2, 0) is 4.74 Å². The van der Waals surface area contributed by atoms with Gasteiger partial charge in [-0.1, -0.05) is 27.7 Å². The maximum absolute atomic E-state index is 6.01. The van der Waals surface area contributed by atoms with Crippen molar-refractivity contribution in [3.05, 3.63) is 0 Å². The van der Waals surface area contributed by atoms with Gasteiger partial charge in [0.15, 0.2) is 0 Å². The Morgan fingerprint density at radius 1 is 0.905 bits per heavy atom. The molecule has 1 heterocycles. The summed E-state index contributed by atoms with van der Waals surface area (Å²) in [6, 6.07) is 0. The highest BCUT2D eigenvalue weighted by Crippen LogP contribution is 2.30. The summed E-state index contributed by atoms with van der Waals surface area (Å²) in [5.74, 6) is 3.45. The number of hydrogen-bond donors (Lipinski definition) is 0. The Hall–Kier alpha value is -0.0800. The van der Waals surface area contributed by atoms with Gasteiger partial charge >= 0.3 is 0 Å². The van der Waals surface area contributed by atoms with Crippen molar-refractivity contribution < 1.29 is 4.74 Å². The fourth-order valence-electron chi connectivity index (χ4n) is 3.98. The molecular formula is C19H37NO. The van der Waals surface area contributed by atoms with Crippen molar-refractivity contribution in [2.24, 2.45) is 23.7 Å². The number of hydrogen-bond acceptors (Lipinski definition) is 2. The van der Waals surface area contributed by atoms with Crippen molar-refractivity contribution in [1.29, 1.82) is 0 Å². The van der Waals surface area contributed by atoms with Crippen LogP contribution >= 0.6 is 0 Å². The molecule has 2 nitrogen and oxygen atoms in total. The maximum atomic E-state index is 6.01. The van der Waals surface area contributed by atoms with Gasteiger partial charge in [-0.05, 0) is 75.3 Å². The van der Waals surface area contributed by atoms with Gasteiger partial charge in [-0.15, -0.1) is 0 Å². The van der Waals surface area contributed by atoms with E-state index in [1.165, 1.54) is 58.2 Å². The molecule has 0 bridgehead atoms. The lowest BCUT2D eigenvalue weighted by Crippen LogP contribution is -2.39. The molecule has 0 amide bonds. The van der Waals surface area contributed by atoms with Gasteiger partial charge < -0.3 is 9.64 Å². The minimum atomic E-state index is 0.551. The quantitative estimate of drug-likeness (QED) is 0.711. The normalized spacial score (nSPS) is 29.4. The zero-order valence-corrected chi connectivity index (χ0v) is 14.8. The topological polar surface area (TPSA) is 12.5 Å². The molecule has 0 N–H and O–H groups in total. The molecule has 2 heteroatoms. The van der Waals surface area contributed by atoms with Crippen molar-refractivity contribution in [1.82, 2.24) is 4.90 Å². The second-order valence-corrected chi connectivity index (χ2v) is 8.25. The first-order valence-electron chi connectivity index (χ1n) is 9.38. The molecule has 1 aliphatic heterocycles. The Bertz CT molecular complexity index is 273. The summed E-state index contributed by atoms with van der Waals surface area (Å²) in [6.45, 7) is 14.2. The molecule has 0 aromatic heterocycles.